The zero-order chi connectivity index (χ0) is 21.2. The van der Waals surface area contributed by atoms with Crippen LogP contribution < -0.4 is 11.0 Å². The number of anilines is 1. The fourth-order valence-corrected chi connectivity index (χ4v) is 3.32. The topological polar surface area (TPSA) is 82.5 Å². The molecule has 1 aliphatic heterocycles. The van der Waals surface area contributed by atoms with Crippen LogP contribution in [0.3, 0.4) is 0 Å². The SMILES string of the molecule is CC[C@H]1O[C@@H](n2ccc(NC(=O)c3ccccc3)nc2=O)[C@H](OC(F)(F)F)[C@@H]1C. The molecule has 0 radical (unpaired) electrons. The molecule has 1 fully saturated rings. The summed E-state index contributed by atoms with van der Waals surface area (Å²) in [6.45, 7) is 3.36. The van der Waals surface area contributed by atoms with E-state index >= 15 is 0 Å². The smallest absolute Gasteiger partial charge is 0.351 e. The van der Waals surface area contributed by atoms with E-state index in [0.717, 1.165) is 4.57 Å². The molecular weight excluding hydrogens is 391 g/mol. The third-order valence-electron chi connectivity index (χ3n) is 4.75. The zero-order valence-corrected chi connectivity index (χ0v) is 15.7. The highest BCUT2D eigenvalue weighted by Gasteiger charge is 2.48. The first-order valence-corrected chi connectivity index (χ1v) is 9.05. The lowest BCUT2D eigenvalue weighted by molar-refractivity contribution is -0.353. The third kappa shape index (κ3) is 4.83. The van der Waals surface area contributed by atoms with Crippen LogP contribution in [0.2, 0.25) is 0 Å². The number of amides is 1. The molecule has 0 bridgehead atoms. The normalized spacial score (nSPS) is 24.4. The van der Waals surface area contributed by atoms with Crippen molar-refractivity contribution >= 4 is 11.7 Å². The number of ether oxygens (including phenoxy) is 2. The molecule has 1 aromatic carbocycles. The average Bonchev–Trinajstić information content (AvgIpc) is 2.97. The molecule has 3 rings (SSSR count). The minimum Gasteiger partial charge on any atom is -0.351 e. The average molecular weight is 411 g/mol. The van der Waals surface area contributed by atoms with Crippen LogP contribution in [0.15, 0.2) is 47.4 Å². The second-order valence-corrected chi connectivity index (χ2v) is 6.68. The number of carbonyl (C=O) groups is 1. The maximum absolute atomic E-state index is 12.8. The molecule has 1 amide bonds. The molecule has 2 aromatic rings. The second-order valence-electron chi connectivity index (χ2n) is 6.68. The van der Waals surface area contributed by atoms with Crippen molar-refractivity contribution in [3.63, 3.8) is 0 Å². The van der Waals surface area contributed by atoms with Gasteiger partial charge in [-0.25, -0.2) is 4.79 Å². The zero-order valence-electron chi connectivity index (χ0n) is 15.7. The summed E-state index contributed by atoms with van der Waals surface area (Å²) in [7, 11) is 0. The number of aromatic nitrogens is 2. The van der Waals surface area contributed by atoms with Gasteiger partial charge in [-0.15, -0.1) is 13.2 Å². The summed E-state index contributed by atoms with van der Waals surface area (Å²) in [5.74, 6) is -1.08. The van der Waals surface area contributed by atoms with Crippen LogP contribution in [-0.2, 0) is 9.47 Å². The van der Waals surface area contributed by atoms with Gasteiger partial charge < -0.3 is 10.1 Å². The van der Waals surface area contributed by atoms with Crippen LogP contribution in [0.1, 0.15) is 36.9 Å². The number of alkyl halides is 3. The van der Waals surface area contributed by atoms with E-state index < -0.39 is 42.3 Å². The van der Waals surface area contributed by atoms with Gasteiger partial charge in [0, 0.05) is 17.7 Å². The third-order valence-corrected chi connectivity index (χ3v) is 4.75. The van der Waals surface area contributed by atoms with Crippen molar-refractivity contribution in [2.45, 2.75) is 45.1 Å². The predicted molar refractivity (Wildman–Crippen MR) is 97.2 cm³/mol. The van der Waals surface area contributed by atoms with E-state index in [1.54, 1.807) is 44.2 Å². The summed E-state index contributed by atoms with van der Waals surface area (Å²) in [6.07, 6.45) is -6.36. The van der Waals surface area contributed by atoms with Gasteiger partial charge in [-0.1, -0.05) is 32.0 Å². The first-order valence-electron chi connectivity index (χ1n) is 9.05. The lowest BCUT2D eigenvalue weighted by Crippen LogP contribution is -2.37. The van der Waals surface area contributed by atoms with Gasteiger partial charge >= 0.3 is 12.1 Å². The van der Waals surface area contributed by atoms with Crippen LogP contribution in [0, 0.1) is 5.92 Å². The molecule has 0 spiro atoms. The molecule has 4 atom stereocenters. The Balaban J connectivity index is 1.83. The Morgan fingerprint density at radius 2 is 1.97 bits per heavy atom. The van der Waals surface area contributed by atoms with E-state index in [4.69, 9.17) is 4.74 Å². The van der Waals surface area contributed by atoms with Gasteiger partial charge in [0.2, 0.25) is 0 Å². The summed E-state index contributed by atoms with van der Waals surface area (Å²) < 4.78 is 49.4. The minimum atomic E-state index is -4.87. The molecule has 0 unspecified atom stereocenters. The molecule has 7 nitrogen and oxygen atoms in total. The minimum absolute atomic E-state index is 0.0218. The highest BCUT2D eigenvalue weighted by Crippen LogP contribution is 2.39. The molecule has 1 aromatic heterocycles. The first-order chi connectivity index (χ1) is 13.7. The van der Waals surface area contributed by atoms with Crippen LogP contribution in [-0.4, -0.2) is 34.0 Å². The maximum atomic E-state index is 12.8. The molecule has 1 aliphatic rings. The summed E-state index contributed by atoms with van der Waals surface area (Å²) in [5, 5.41) is 2.48. The molecule has 10 heteroatoms. The highest BCUT2D eigenvalue weighted by molar-refractivity contribution is 6.03. The molecule has 1 N–H and O–H groups in total. The Bertz CT molecular complexity index is 917. The lowest BCUT2D eigenvalue weighted by Gasteiger charge is -2.23. The number of hydrogen-bond donors (Lipinski definition) is 1. The number of rotatable bonds is 5. The Hall–Kier alpha value is -2.72. The summed E-state index contributed by atoms with van der Waals surface area (Å²) in [6, 6.07) is 9.62. The Morgan fingerprint density at radius 1 is 1.28 bits per heavy atom. The molecule has 0 aliphatic carbocycles. The van der Waals surface area contributed by atoms with Gasteiger partial charge in [-0.05, 0) is 24.6 Å². The molecule has 2 heterocycles. The Morgan fingerprint density at radius 3 is 2.55 bits per heavy atom. The number of carbonyl (C=O) groups excluding carboxylic acids is 1. The summed E-state index contributed by atoms with van der Waals surface area (Å²) in [4.78, 5) is 28.4. The van der Waals surface area contributed by atoms with E-state index in [2.05, 4.69) is 15.0 Å². The number of benzene rings is 1. The molecule has 29 heavy (non-hydrogen) atoms. The van der Waals surface area contributed by atoms with Gasteiger partial charge in [0.25, 0.3) is 5.91 Å². The van der Waals surface area contributed by atoms with Gasteiger partial charge in [-0.3, -0.25) is 14.1 Å². The standard InChI is InChI=1S/C19H20F3N3O4/c1-3-13-11(2)15(29-19(20,21)22)17(28-13)25-10-9-14(24-18(25)27)23-16(26)12-7-5-4-6-8-12/h4-11,13,15,17H,3H2,1-2H3,(H,23,24,26,27)/t11-,13-,15-,17-/m1/s1. The van der Waals surface area contributed by atoms with Gasteiger partial charge in [-0.2, -0.15) is 4.98 Å². The van der Waals surface area contributed by atoms with Gasteiger partial charge in [0.1, 0.15) is 11.9 Å². The molecule has 0 saturated carbocycles. The quantitative estimate of drug-likeness (QED) is 0.816. The van der Waals surface area contributed by atoms with Crippen LogP contribution in [0.25, 0.3) is 0 Å². The number of halogens is 3. The molecule has 156 valence electrons. The Labute approximate surface area is 164 Å². The van der Waals surface area contributed by atoms with E-state index in [0.29, 0.717) is 12.0 Å². The van der Waals surface area contributed by atoms with Crippen molar-refractivity contribution in [2.24, 2.45) is 5.92 Å². The van der Waals surface area contributed by atoms with E-state index in [1.807, 2.05) is 0 Å². The maximum Gasteiger partial charge on any atom is 0.522 e. The van der Waals surface area contributed by atoms with Crippen molar-refractivity contribution in [2.75, 3.05) is 5.32 Å². The van der Waals surface area contributed by atoms with E-state index in [-0.39, 0.29) is 5.82 Å². The van der Waals surface area contributed by atoms with Gasteiger partial charge in [0.15, 0.2) is 6.23 Å². The highest BCUT2D eigenvalue weighted by atomic mass is 19.4. The number of nitrogens with zero attached hydrogens (tertiary/aromatic N) is 2. The van der Waals surface area contributed by atoms with Crippen molar-refractivity contribution in [3.8, 4) is 0 Å². The van der Waals surface area contributed by atoms with Crippen molar-refractivity contribution in [1.29, 1.82) is 0 Å². The number of nitrogens with one attached hydrogen (secondary N) is 1. The van der Waals surface area contributed by atoms with E-state index in [9.17, 15) is 22.8 Å². The summed E-state index contributed by atoms with van der Waals surface area (Å²) in [5.41, 5.74) is -0.489. The second kappa shape index (κ2) is 8.34. The van der Waals surface area contributed by atoms with Crippen molar-refractivity contribution < 1.29 is 27.4 Å². The first kappa shape index (κ1) is 21.0. The van der Waals surface area contributed by atoms with Gasteiger partial charge in [0.05, 0.1) is 6.10 Å². The fourth-order valence-electron chi connectivity index (χ4n) is 3.32. The fraction of sp³-hybridized carbons (Fsp3) is 0.421. The van der Waals surface area contributed by atoms with Crippen molar-refractivity contribution in [3.05, 3.63) is 58.6 Å². The van der Waals surface area contributed by atoms with Crippen LogP contribution in [0.5, 0.6) is 0 Å². The largest absolute Gasteiger partial charge is 0.522 e. The summed E-state index contributed by atoms with van der Waals surface area (Å²) >= 11 is 0. The van der Waals surface area contributed by atoms with Crippen molar-refractivity contribution in [1.82, 2.24) is 9.55 Å². The van der Waals surface area contributed by atoms with Crippen LogP contribution in [0.4, 0.5) is 19.0 Å². The number of hydrogen-bond acceptors (Lipinski definition) is 5. The Kier molecular flexibility index (Phi) is 6.04. The molecule has 1 saturated heterocycles. The van der Waals surface area contributed by atoms with Crippen LogP contribution >= 0.6 is 0 Å². The molecular formula is C19H20F3N3O4. The monoisotopic (exact) mass is 411 g/mol. The van der Waals surface area contributed by atoms with E-state index in [1.165, 1.54) is 12.3 Å². The lowest BCUT2D eigenvalue weighted by atomic mass is 9.98. The predicted octanol–water partition coefficient (Wildman–Crippen LogP) is 3.34.